The van der Waals surface area contributed by atoms with Gasteiger partial charge in [-0.3, -0.25) is 0 Å². The summed E-state index contributed by atoms with van der Waals surface area (Å²) in [5.74, 6) is 1.43. The summed E-state index contributed by atoms with van der Waals surface area (Å²) in [6.07, 6.45) is 0.760. The Balaban J connectivity index is 2.28. The quantitative estimate of drug-likeness (QED) is 0.819. The van der Waals surface area contributed by atoms with Crippen LogP contribution in [0.4, 0.5) is 5.69 Å². The van der Waals surface area contributed by atoms with Crippen LogP contribution >= 0.6 is 0 Å². The van der Waals surface area contributed by atoms with E-state index in [1.165, 1.54) is 5.56 Å². The van der Waals surface area contributed by atoms with Crippen molar-refractivity contribution in [2.75, 3.05) is 18.0 Å². The third kappa shape index (κ3) is 2.59. The van der Waals surface area contributed by atoms with Gasteiger partial charge in [-0.2, -0.15) is 5.26 Å². The lowest BCUT2D eigenvalue weighted by molar-refractivity contribution is 0.146. The van der Waals surface area contributed by atoms with Crippen LogP contribution in [0.15, 0.2) is 18.2 Å². The van der Waals surface area contributed by atoms with Gasteiger partial charge in [0.1, 0.15) is 11.9 Å². The van der Waals surface area contributed by atoms with Crippen LogP contribution in [0.25, 0.3) is 0 Å². The van der Waals surface area contributed by atoms with Crippen molar-refractivity contribution in [2.45, 2.75) is 33.3 Å². The highest BCUT2D eigenvalue weighted by molar-refractivity contribution is 5.61. The SMILES string of the molecule is Cc1ccc2c(c1)OC(C(C)C)CN2CCC#N. The van der Waals surface area contributed by atoms with Gasteiger partial charge in [-0.15, -0.1) is 0 Å². The van der Waals surface area contributed by atoms with E-state index in [9.17, 15) is 0 Å². The van der Waals surface area contributed by atoms with Gasteiger partial charge >= 0.3 is 0 Å². The molecular weight excluding hydrogens is 224 g/mol. The molecule has 1 heterocycles. The van der Waals surface area contributed by atoms with Gasteiger partial charge in [0, 0.05) is 6.54 Å². The zero-order valence-electron chi connectivity index (χ0n) is 11.3. The lowest BCUT2D eigenvalue weighted by atomic mass is 10.0. The number of nitrogens with zero attached hydrogens (tertiary/aromatic N) is 2. The molecule has 0 spiro atoms. The van der Waals surface area contributed by atoms with Crippen molar-refractivity contribution in [3.05, 3.63) is 23.8 Å². The summed E-state index contributed by atoms with van der Waals surface area (Å²) < 4.78 is 6.06. The van der Waals surface area contributed by atoms with E-state index in [-0.39, 0.29) is 6.10 Å². The van der Waals surface area contributed by atoms with Gasteiger partial charge in [-0.1, -0.05) is 19.9 Å². The molecule has 1 aliphatic rings. The second-order valence-corrected chi connectivity index (χ2v) is 5.23. The maximum atomic E-state index is 8.76. The molecule has 0 radical (unpaired) electrons. The Hall–Kier alpha value is -1.69. The molecule has 0 N–H and O–H groups in total. The van der Waals surface area contributed by atoms with Crippen molar-refractivity contribution in [3.63, 3.8) is 0 Å². The molecule has 0 fully saturated rings. The summed E-state index contributed by atoms with van der Waals surface area (Å²) in [6.45, 7) is 8.07. The minimum absolute atomic E-state index is 0.206. The average Bonchev–Trinajstić information content (AvgIpc) is 2.34. The number of nitriles is 1. The van der Waals surface area contributed by atoms with Gasteiger partial charge < -0.3 is 9.64 Å². The van der Waals surface area contributed by atoms with Crippen LogP contribution in [0.3, 0.4) is 0 Å². The van der Waals surface area contributed by atoms with Crippen molar-refractivity contribution in [3.8, 4) is 11.8 Å². The fourth-order valence-electron chi connectivity index (χ4n) is 2.24. The van der Waals surface area contributed by atoms with Crippen LogP contribution in [0.1, 0.15) is 25.8 Å². The minimum Gasteiger partial charge on any atom is -0.486 e. The Bertz CT molecular complexity index is 462. The molecule has 0 aromatic heterocycles. The van der Waals surface area contributed by atoms with Crippen LogP contribution in [0.5, 0.6) is 5.75 Å². The molecule has 0 bridgehead atoms. The summed E-state index contributed by atoms with van der Waals surface area (Å²) in [4.78, 5) is 2.27. The third-order valence-corrected chi connectivity index (χ3v) is 3.37. The van der Waals surface area contributed by atoms with E-state index in [0.717, 1.165) is 24.5 Å². The summed E-state index contributed by atoms with van der Waals surface area (Å²) in [7, 11) is 0. The van der Waals surface area contributed by atoms with Crippen LogP contribution in [0, 0.1) is 24.2 Å². The largest absolute Gasteiger partial charge is 0.486 e. The van der Waals surface area contributed by atoms with Crippen molar-refractivity contribution in [2.24, 2.45) is 5.92 Å². The molecule has 1 aliphatic heterocycles. The first kappa shape index (κ1) is 12.8. The zero-order valence-corrected chi connectivity index (χ0v) is 11.3. The molecule has 0 saturated heterocycles. The second-order valence-electron chi connectivity index (χ2n) is 5.23. The van der Waals surface area contributed by atoms with Gasteiger partial charge in [0.05, 0.1) is 24.7 Å². The Morgan fingerprint density at radius 2 is 2.28 bits per heavy atom. The van der Waals surface area contributed by atoms with Gasteiger partial charge in [0.25, 0.3) is 0 Å². The smallest absolute Gasteiger partial charge is 0.143 e. The lowest BCUT2D eigenvalue weighted by Crippen LogP contribution is -2.43. The number of anilines is 1. The molecule has 0 amide bonds. The Kier molecular flexibility index (Phi) is 3.76. The standard InChI is InChI=1S/C15H20N2O/c1-11(2)15-10-17(8-4-7-16)13-6-5-12(3)9-14(13)18-15/h5-6,9,11,15H,4,8,10H2,1-3H3. The first-order valence-corrected chi connectivity index (χ1v) is 6.51. The molecule has 3 heteroatoms. The van der Waals surface area contributed by atoms with Crippen molar-refractivity contribution in [1.29, 1.82) is 5.26 Å². The van der Waals surface area contributed by atoms with Crippen molar-refractivity contribution in [1.82, 2.24) is 0 Å². The van der Waals surface area contributed by atoms with Gasteiger partial charge in [-0.05, 0) is 30.5 Å². The maximum absolute atomic E-state index is 8.76. The van der Waals surface area contributed by atoms with E-state index in [0.29, 0.717) is 12.3 Å². The summed E-state index contributed by atoms with van der Waals surface area (Å²) in [5, 5.41) is 8.76. The van der Waals surface area contributed by atoms with E-state index in [2.05, 4.69) is 49.9 Å². The topological polar surface area (TPSA) is 36.3 Å². The number of benzene rings is 1. The van der Waals surface area contributed by atoms with Crippen LogP contribution in [-0.4, -0.2) is 19.2 Å². The number of hydrogen-bond acceptors (Lipinski definition) is 3. The van der Waals surface area contributed by atoms with Crippen molar-refractivity contribution >= 4 is 5.69 Å². The number of rotatable bonds is 3. The number of fused-ring (bicyclic) bond motifs is 1. The average molecular weight is 244 g/mol. The van der Waals surface area contributed by atoms with E-state index in [1.807, 2.05) is 0 Å². The molecule has 0 saturated carbocycles. The monoisotopic (exact) mass is 244 g/mol. The summed E-state index contributed by atoms with van der Waals surface area (Å²) >= 11 is 0. The first-order valence-electron chi connectivity index (χ1n) is 6.51. The van der Waals surface area contributed by atoms with Gasteiger partial charge in [0.15, 0.2) is 0 Å². The first-order chi connectivity index (χ1) is 8.61. The maximum Gasteiger partial charge on any atom is 0.143 e. The molecule has 1 unspecified atom stereocenters. The van der Waals surface area contributed by atoms with Crippen LogP contribution < -0.4 is 9.64 Å². The normalized spacial score (nSPS) is 18.2. The predicted octanol–water partition coefficient (Wildman–Crippen LogP) is 3.13. The number of ether oxygens (including phenoxy) is 1. The molecule has 1 aromatic carbocycles. The lowest BCUT2D eigenvalue weighted by Gasteiger charge is -2.37. The van der Waals surface area contributed by atoms with E-state index < -0.39 is 0 Å². The Morgan fingerprint density at radius 3 is 2.94 bits per heavy atom. The highest BCUT2D eigenvalue weighted by atomic mass is 16.5. The molecule has 1 aromatic rings. The molecule has 1 atom stereocenters. The van der Waals surface area contributed by atoms with Crippen LogP contribution in [-0.2, 0) is 0 Å². The highest BCUT2D eigenvalue weighted by Gasteiger charge is 2.27. The van der Waals surface area contributed by atoms with Gasteiger partial charge in [0.2, 0.25) is 0 Å². The van der Waals surface area contributed by atoms with E-state index in [1.54, 1.807) is 0 Å². The summed E-state index contributed by atoms with van der Waals surface area (Å²) in [5.41, 5.74) is 2.33. The Labute approximate surface area is 109 Å². The highest BCUT2D eigenvalue weighted by Crippen LogP contribution is 2.35. The summed E-state index contributed by atoms with van der Waals surface area (Å²) in [6, 6.07) is 8.50. The third-order valence-electron chi connectivity index (χ3n) is 3.37. The van der Waals surface area contributed by atoms with Crippen molar-refractivity contribution < 1.29 is 4.74 Å². The van der Waals surface area contributed by atoms with Crippen LogP contribution in [0.2, 0.25) is 0 Å². The molecular formula is C15H20N2O. The Morgan fingerprint density at radius 1 is 1.50 bits per heavy atom. The molecule has 3 nitrogen and oxygen atoms in total. The second kappa shape index (κ2) is 5.30. The number of aryl methyl sites for hydroxylation is 1. The predicted molar refractivity (Wildman–Crippen MR) is 72.9 cm³/mol. The molecule has 2 rings (SSSR count). The minimum atomic E-state index is 0.206. The fraction of sp³-hybridized carbons (Fsp3) is 0.533. The molecule has 0 aliphatic carbocycles. The fourth-order valence-corrected chi connectivity index (χ4v) is 2.24. The van der Waals surface area contributed by atoms with E-state index >= 15 is 0 Å². The zero-order chi connectivity index (χ0) is 13.1. The molecule has 18 heavy (non-hydrogen) atoms. The van der Waals surface area contributed by atoms with Gasteiger partial charge in [-0.25, -0.2) is 0 Å². The molecule has 96 valence electrons. The van der Waals surface area contributed by atoms with E-state index in [4.69, 9.17) is 10.00 Å². The number of hydrogen-bond donors (Lipinski definition) is 0.